The second kappa shape index (κ2) is 12.1. The number of nitrogens with one attached hydrogen (secondary N) is 2. The summed E-state index contributed by atoms with van der Waals surface area (Å²) in [7, 11) is 0. The third-order valence-electron chi connectivity index (χ3n) is 4.53. The molecular weight excluding hydrogens is 519 g/mol. The van der Waals surface area contributed by atoms with Crippen molar-refractivity contribution in [2.24, 2.45) is 0 Å². The number of benzene rings is 3. The number of carbonyl (C=O) groups is 2. The van der Waals surface area contributed by atoms with Gasteiger partial charge in [0.2, 0.25) is 0 Å². The van der Waals surface area contributed by atoms with Gasteiger partial charge in [-0.25, -0.2) is 0 Å². The molecule has 0 fully saturated rings. The number of hydrogen-bond donors (Lipinski definition) is 2. The van der Waals surface area contributed by atoms with Crippen LogP contribution < -0.4 is 15.4 Å². The lowest BCUT2D eigenvalue weighted by Gasteiger charge is -2.13. The van der Waals surface area contributed by atoms with Crippen LogP contribution in [0.15, 0.2) is 72.8 Å². The minimum atomic E-state index is -0.325. The molecule has 0 aromatic heterocycles. The van der Waals surface area contributed by atoms with Gasteiger partial charge in [0.25, 0.3) is 5.91 Å². The minimum absolute atomic E-state index is 0.143. The Labute approximate surface area is 201 Å². The predicted molar refractivity (Wildman–Crippen MR) is 133 cm³/mol. The van der Waals surface area contributed by atoms with E-state index in [-0.39, 0.29) is 24.8 Å². The monoisotopic (exact) mass is 544 g/mol. The van der Waals surface area contributed by atoms with Crippen LogP contribution in [0.3, 0.4) is 0 Å². The first kappa shape index (κ1) is 23.6. The zero-order chi connectivity index (χ0) is 22.8. The molecule has 0 spiro atoms. The summed E-state index contributed by atoms with van der Waals surface area (Å²) in [5.41, 5.74) is 2.31. The summed E-state index contributed by atoms with van der Waals surface area (Å²) < 4.78 is 11.7. The van der Waals surface area contributed by atoms with Gasteiger partial charge in [-0.3, -0.25) is 9.59 Å². The maximum absolute atomic E-state index is 12.7. The minimum Gasteiger partial charge on any atom is -0.466 e. The van der Waals surface area contributed by atoms with Crippen LogP contribution in [0.5, 0.6) is 11.5 Å². The molecule has 166 valence electrons. The number of hydrogen-bond acceptors (Lipinski definition) is 5. The molecule has 1 amide bonds. The Morgan fingerprint density at radius 1 is 0.938 bits per heavy atom. The highest BCUT2D eigenvalue weighted by Gasteiger charge is 2.13. The Hall–Kier alpha value is -3.07. The molecule has 0 atom stereocenters. The van der Waals surface area contributed by atoms with Crippen molar-refractivity contribution in [3.63, 3.8) is 0 Å². The third-order valence-corrected chi connectivity index (χ3v) is 5.20. The molecule has 7 heteroatoms. The number of esters is 1. The molecule has 0 aliphatic heterocycles. The number of para-hydroxylation sites is 1. The highest BCUT2D eigenvalue weighted by Crippen LogP contribution is 2.23. The van der Waals surface area contributed by atoms with E-state index < -0.39 is 0 Å². The Kier molecular flexibility index (Phi) is 8.91. The molecule has 0 bridgehead atoms. The number of anilines is 1. The van der Waals surface area contributed by atoms with Crippen molar-refractivity contribution in [2.45, 2.75) is 19.9 Å². The molecule has 32 heavy (non-hydrogen) atoms. The smallest absolute Gasteiger partial charge is 0.307 e. The summed E-state index contributed by atoms with van der Waals surface area (Å²) >= 11 is 2.17. The fraction of sp³-hybridized carbons (Fsp3) is 0.200. The fourth-order valence-corrected chi connectivity index (χ4v) is 3.45. The lowest BCUT2D eigenvalue weighted by Crippen LogP contribution is -2.27. The molecule has 0 aliphatic rings. The Morgan fingerprint density at radius 2 is 1.66 bits per heavy atom. The van der Waals surface area contributed by atoms with Crippen LogP contribution in [0.1, 0.15) is 29.3 Å². The van der Waals surface area contributed by atoms with Crippen LogP contribution in [0.25, 0.3) is 0 Å². The first-order valence-electron chi connectivity index (χ1n) is 10.3. The van der Waals surface area contributed by atoms with Gasteiger partial charge in [0.05, 0.1) is 18.6 Å². The van der Waals surface area contributed by atoms with Gasteiger partial charge in [0.1, 0.15) is 11.5 Å². The molecule has 3 rings (SSSR count). The summed E-state index contributed by atoms with van der Waals surface area (Å²) in [5.74, 6) is 0.988. The number of ether oxygens (including phenoxy) is 2. The van der Waals surface area contributed by atoms with Crippen LogP contribution in [-0.4, -0.2) is 25.0 Å². The Morgan fingerprint density at radius 3 is 2.38 bits per heavy atom. The average Bonchev–Trinajstić information content (AvgIpc) is 2.80. The second-order valence-electron chi connectivity index (χ2n) is 6.91. The van der Waals surface area contributed by atoms with Crippen molar-refractivity contribution in [3.05, 3.63) is 87.5 Å². The van der Waals surface area contributed by atoms with Gasteiger partial charge < -0.3 is 20.1 Å². The standard InChI is InChI=1S/C25H25IN2O4/c1-2-31-24(29)14-15-27-25(30)22-16-19(26)10-13-23(22)28-17-18-8-11-21(12-9-18)32-20-6-4-3-5-7-20/h3-13,16,28H,2,14-15,17H2,1H3,(H,27,30). The van der Waals surface area contributed by atoms with E-state index in [2.05, 4.69) is 33.2 Å². The molecule has 0 saturated heterocycles. The zero-order valence-corrected chi connectivity index (χ0v) is 19.9. The van der Waals surface area contributed by atoms with E-state index >= 15 is 0 Å². The molecule has 0 saturated carbocycles. The van der Waals surface area contributed by atoms with E-state index in [1.165, 1.54) is 0 Å². The van der Waals surface area contributed by atoms with Gasteiger partial charge in [-0.05, 0) is 77.5 Å². The zero-order valence-electron chi connectivity index (χ0n) is 17.8. The van der Waals surface area contributed by atoms with Crippen molar-refractivity contribution < 1.29 is 19.1 Å². The molecule has 6 nitrogen and oxygen atoms in total. The van der Waals surface area contributed by atoms with Crippen molar-refractivity contribution in [2.75, 3.05) is 18.5 Å². The molecule has 3 aromatic carbocycles. The van der Waals surface area contributed by atoms with E-state index in [4.69, 9.17) is 9.47 Å². The largest absolute Gasteiger partial charge is 0.466 e. The third kappa shape index (κ3) is 7.26. The van der Waals surface area contributed by atoms with Crippen molar-refractivity contribution in [1.29, 1.82) is 0 Å². The summed E-state index contributed by atoms with van der Waals surface area (Å²) in [6.45, 7) is 2.86. The number of rotatable bonds is 10. The van der Waals surface area contributed by atoms with Crippen molar-refractivity contribution >= 4 is 40.2 Å². The van der Waals surface area contributed by atoms with Crippen LogP contribution in [0.2, 0.25) is 0 Å². The molecular formula is C25H25IN2O4. The highest BCUT2D eigenvalue weighted by atomic mass is 127. The summed E-state index contributed by atoms with van der Waals surface area (Å²) in [4.78, 5) is 24.1. The van der Waals surface area contributed by atoms with Crippen LogP contribution >= 0.6 is 22.6 Å². The Balaban J connectivity index is 1.58. The first-order chi connectivity index (χ1) is 15.5. The normalized spacial score (nSPS) is 10.3. The van der Waals surface area contributed by atoms with E-state index in [1.807, 2.05) is 72.8 Å². The van der Waals surface area contributed by atoms with Gasteiger partial charge >= 0.3 is 5.97 Å². The molecule has 0 radical (unpaired) electrons. The molecule has 3 aromatic rings. The summed E-state index contributed by atoms with van der Waals surface area (Å²) in [6.07, 6.45) is 0.143. The lowest BCUT2D eigenvalue weighted by molar-refractivity contribution is -0.142. The summed E-state index contributed by atoms with van der Waals surface area (Å²) in [5, 5.41) is 6.11. The van der Waals surface area contributed by atoms with E-state index in [0.717, 1.165) is 26.3 Å². The van der Waals surface area contributed by atoms with E-state index in [9.17, 15) is 9.59 Å². The Bertz CT molecular complexity index is 1040. The van der Waals surface area contributed by atoms with Crippen LogP contribution in [-0.2, 0) is 16.1 Å². The quantitative estimate of drug-likeness (QED) is 0.265. The van der Waals surface area contributed by atoms with Gasteiger partial charge in [0.15, 0.2) is 0 Å². The maximum Gasteiger partial charge on any atom is 0.307 e. The average molecular weight is 544 g/mol. The molecule has 0 unspecified atom stereocenters. The number of amides is 1. The SMILES string of the molecule is CCOC(=O)CCNC(=O)c1cc(I)ccc1NCc1ccc(Oc2ccccc2)cc1. The van der Waals surface area contributed by atoms with Gasteiger partial charge in [-0.15, -0.1) is 0 Å². The number of carbonyl (C=O) groups excluding carboxylic acids is 2. The first-order valence-corrected chi connectivity index (χ1v) is 11.4. The second-order valence-corrected chi connectivity index (χ2v) is 8.16. The topological polar surface area (TPSA) is 76.7 Å². The van der Waals surface area contributed by atoms with E-state index in [1.54, 1.807) is 6.92 Å². The molecule has 0 aliphatic carbocycles. The van der Waals surface area contributed by atoms with Crippen molar-refractivity contribution in [3.8, 4) is 11.5 Å². The maximum atomic E-state index is 12.7. The summed E-state index contributed by atoms with van der Waals surface area (Å²) in [6, 6.07) is 23.1. The van der Waals surface area contributed by atoms with Gasteiger partial charge in [-0.2, -0.15) is 0 Å². The molecule has 0 heterocycles. The molecule has 2 N–H and O–H groups in total. The van der Waals surface area contributed by atoms with Crippen LogP contribution in [0, 0.1) is 3.57 Å². The predicted octanol–water partition coefficient (Wildman–Crippen LogP) is 5.38. The highest BCUT2D eigenvalue weighted by molar-refractivity contribution is 14.1. The van der Waals surface area contributed by atoms with Crippen molar-refractivity contribution in [1.82, 2.24) is 5.32 Å². The lowest BCUT2D eigenvalue weighted by atomic mass is 10.1. The van der Waals surface area contributed by atoms with Gasteiger partial charge in [0, 0.05) is 22.3 Å². The number of halogens is 1. The van der Waals surface area contributed by atoms with Gasteiger partial charge in [-0.1, -0.05) is 30.3 Å². The van der Waals surface area contributed by atoms with Crippen LogP contribution in [0.4, 0.5) is 5.69 Å². The van der Waals surface area contributed by atoms with E-state index in [0.29, 0.717) is 18.7 Å². The fourth-order valence-electron chi connectivity index (χ4n) is 2.96.